The molecule has 0 aromatic heterocycles. The second-order valence-corrected chi connectivity index (χ2v) is 8.41. The third-order valence-corrected chi connectivity index (χ3v) is 6.18. The van der Waals surface area contributed by atoms with Crippen molar-refractivity contribution >= 4 is 29.9 Å². The van der Waals surface area contributed by atoms with Crippen LogP contribution in [0, 0.1) is 5.92 Å². The molecule has 7 heteroatoms. The molecule has 0 unspecified atom stereocenters. The van der Waals surface area contributed by atoms with Gasteiger partial charge in [0.2, 0.25) is 0 Å². The minimum Gasteiger partial charge on any atom is -0.493 e. The standard InChI is InChI=1S/C24H39N3O3.HI/c1-4-25-24(27(2)15-12-19-13-16-29-17-14-19)26-18-20-8-7-11-22(28-3)23(20)30-21-9-5-6-10-21;/h7-8,11,19,21H,4-6,9-10,12-18H2,1-3H3,(H,25,26);1H. The van der Waals surface area contributed by atoms with Crippen LogP contribution in [0.1, 0.15) is 57.4 Å². The van der Waals surface area contributed by atoms with E-state index in [0.717, 1.165) is 68.1 Å². The number of nitrogens with zero attached hydrogens (tertiary/aromatic N) is 2. The van der Waals surface area contributed by atoms with Crippen molar-refractivity contribution in [1.82, 2.24) is 10.2 Å². The third kappa shape index (κ3) is 8.00. The Kier molecular flexibility index (Phi) is 11.8. The van der Waals surface area contributed by atoms with Crippen molar-refractivity contribution in [3.8, 4) is 11.5 Å². The van der Waals surface area contributed by atoms with Gasteiger partial charge in [0, 0.05) is 38.9 Å². The first-order chi connectivity index (χ1) is 14.7. The van der Waals surface area contributed by atoms with Crippen molar-refractivity contribution in [2.45, 2.75) is 64.5 Å². The van der Waals surface area contributed by atoms with E-state index in [1.807, 2.05) is 12.1 Å². The summed E-state index contributed by atoms with van der Waals surface area (Å²) in [7, 11) is 3.83. The normalized spacial score (nSPS) is 17.8. The SMILES string of the molecule is CCNC(=NCc1cccc(OC)c1OC1CCCC1)N(C)CCC1CCOCC1.I. The van der Waals surface area contributed by atoms with Gasteiger partial charge in [-0.1, -0.05) is 12.1 Å². The van der Waals surface area contributed by atoms with E-state index in [9.17, 15) is 0 Å². The van der Waals surface area contributed by atoms with E-state index in [0.29, 0.717) is 12.6 Å². The fraction of sp³-hybridized carbons (Fsp3) is 0.708. The van der Waals surface area contributed by atoms with E-state index in [1.54, 1.807) is 7.11 Å². The highest BCUT2D eigenvalue weighted by molar-refractivity contribution is 14.0. The number of para-hydroxylation sites is 1. The van der Waals surface area contributed by atoms with Gasteiger partial charge in [-0.2, -0.15) is 0 Å². The Hall–Kier alpha value is -1.22. The molecule has 2 fully saturated rings. The van der Waals surface area contributed by atoms with Gasteiger partial charge in [0.1, 0.15) is 0 Å². The van der Waals surface area contributed by atoms with Gasteiger partial charge in [-0.25, -0.2) is 4.99 Å². The van der Waals surface area contributed by atoms with Gasteiger partial charge in [-0.15, -0.1) is 24.0 Å². The Morgan fingerprint density at radius 2 is 1.94 bits per heavy atom. The van der Waals surface area contributed by atoms with Crippen LogP contribution >= 0.6 is 24.0 Å². The molecule has 1 aliphatic carbocycles. The molecule has 1 saturated carbocycles. The molecule has 1 saturated heterocycles. The lowest BCUT2D eigenvalue weighted by Crippen LogP contribution is -2.40. The van der Waals surface area contributed by atoms with E-state index in [4.69, 9.17) is 19.2 Å². The van der Waals surface area contributed by atoms with Gasteiger partial charge in [-0.3, -0.25) is 0 Å². The van der Waals surface area contributed by atoms with Crippen LogP contribution in [0.25, 0.3) is 0 Å². The van der Waals surface area contributed by atoms with Crippen LogP contribution < -0.4 is 14.8 Å². The number of rotatable bonds is 9. The van der Waals surface area contributed by atoms with Crippen LogP contribution in [0.15, 0.2) is 23.2 Å². The minimum absolute atomic E-state index is 0. The molecule has 0 amide bonds. The molecule has 0 atom stereocenters. The fourth-order valence-corrected chi connectivity index (χ4v) is 4.30. The Morgan fingerprint density at radius 3 is 2.61 bits per heavy atom. The molecule has 6 nitrogen and oxygen atoms in total. The molecule has 1 N–H and O–H groups in total. The first kappa shape index (κ1) is 26.0. The van der Waals surface area contributed by atoms with Crippen LogP contribution in [0.2, 0.25) is 0 Å². The highest BCUT2D eigenvalue weighted by atomic mass is 127. The van der Waals surface area contributed by atoms with Crippen LogP contribution in [0.5, 0.6) is 11.5 Å². The van der Waals surface area contributed by atoms with Gasteiger partial charge in [0.05, 0.1) is 19.8 Å². The Bertz CT molecular complexity index is 674. The molecule has 0 bridgehead atoms. The number of guanidine groups is 1. The maximum absolute atomic E-state index is 6.37. The number of benzene rings is 1. The highest BCUT2D eigenvalue weighted by Crippen LogP contribution is 2.35. The van der Waals surface area contributed by atoms with Gasteiger partial charge in [0.15, 0.2) is 17.5 Å². The van der Waals surface area contributed by atoms with Crippen molar-refractivity contribution in [2.75, 3.05) is 40.5 Å². The second-order valence-electron chi connectivity index (χ2n) is 8.41. The molecule has 176 valence electrons. The molecule has 0 radical (unpaired) electrons. The Balaban J connectivity index is 0.00000341. The van der Waals surface area contributed by atoms with E-state index < -0.39 is 0 Å². The Morgan fingerprint density at radius 1 is 1.19 bits per heavy atom. The first-order valence-electron chi connectivity index (χ1n) is 11.6. The van der Waals surface area contributed by atoms with Crippen molar-refractivity contribution in [3.05, 3.63) is 23.8 Å². The second kappa shape index (κ2) is 14.0. The number of halogens is 1. The lowest BCUT2D eigenvalue weighted by atomic mass is 9.96. The fourth-order valence-electron chi connectivity index (χ4n) is 4.30. The molecule has 1 aromatic rings. The molecule has 0 spiro atoms. The summed E-state index contributed by atoms with van der Waals surface area (Å²) in [5, 5.41) is 3.44. The van der Waals surface area contributed by atoms with E-state index >= 15 is 0 Å². The van der Waals surface area contributed by atoms with Gasteiger partial charge < -0.3 is 24.4 Å². The molecule has 1 heterocycles. The molecule has 2 aliphatic rings. The molecular weight excluding hydrogens is 505 g/mol. The van der Waals surface area contributed by atoms with Gasteiger partial charge in [-0.05, 0) is 63.9 Å². The number of ether oxygens (including phenoxy) is 3. The third-order valence-electron chi connectivity index (χ3n) is 6.18. The number of nitrogens with one attached hydrogen (secondary N) is 1. The highest BCUT2D eigenvalue weighted by Gasteiger charge is 2.21. The summed E-state index contributed by atoms with van der Waals surface area (Å²) in [5.74, 6) is 3.36. The lowest BCUT2D eigenvalue weighted by Gasteiger charge is -2.27. The predicted octanol–water partition coefficient (Wildman–Crippen LogP) is 4.85. The molecule has 1 aliphatic heterocycles. The number of hydrogen-bond donors (Lipinski definition) is 1. The summed E-state index contributed by atoms with van der Waals surface area (Å²) in [4.78, 5) is 7.18. The molecular formula is C24H40IN3O3. The molecule has 31 heavy (non-hydrogen) atoms. The zero-order valence-corrected chi connectivity index (χ0v) is 21.7. The van der Waals surface area contributed by atoms with E-state index in [-0.39, 0.29) is 24.0 Å². The topological polar surface area (TPSA) is 55.3 Å². The average molecular weight is 546 g/mol. The van der Waals surface area contributed by atoms with E-state index in [2.05, 4.69) is 30.3 Å². The molecule has 1 aromatic carbocycles. The molecule has 3 rings (SSSR count). The number of methoxy groups -OCH3 is 1. The van der Waals surface area contributed by atoms with Crippen molar-refractivity contribution in [3.63, 3.8) is 0 Å². The van der Waals surface area contributed by atoms with Crippen molar-refractivity contribution in [2.24, 2.45) is 10.9 Å². The lowest BCUT2D eigenvalue weighted by molar-refractivity contribution is 0.0625. The van der Waals surface area contributed by atoms with E-state index in [1.165, 1.54) is 32.1 Å². The van der Waals surface area contributed by atoms with Gasteiger partial charge in [0.25, 0.3) is 0 Å². The predicted molar refractivity (Wildman–Crippen MR) is 137 cm³/mol. The minimum atomic E-state index is 0. The summed E-state index contributed by atoms with van der Waals surface area (Å²) in [6.07, 6.45) is 8.56. The monoisotopic (exact) mass is 545 g/mol. The summed E-state index contributed by atoms with van der Waals surface area (Å²) in [6.45, 7) is 6.35. The Labute approximate surface area is 205 Å². The van der Waals surface area contributed by atoms with Crippen molar-refractivity contribution < 1.29 is 14.2 Å². The zero-order chi connectivity index (χ0) is 21.2. The van der Waals surface area contributed by atoms with Crippen LogP contribution in [0.3, 0.4) is 0 Å². The zero-order valence-electron chi connectivity index (χ0n) is 19.4. The van der Waals surface area contributed by atoms with Crippen molar-refractivity contribution in [1.29, 1.82) is 0 Å². The van der Waals surface area contributed by atoms with Crippen LogP contribution in [-0.4, -0.2) is 57.4 Å². The van der Waals surface area contributed by atoms with Crippen LogP contribution in [0.4, 0.5) is 0 Å². The maximum Gasteiger partial charge on any atom is 0.193 e. The summed E-state index contributed by atoms with van der Waals surface area (Å²) in [6, 6.07) is 6.09. The van der Waals surface area contributed by atoms with Gasteiger partial charge >= 0.3 is 0 Å². The number of aliphatic imine (C=N–C) groups is 1. The van der Waals surface area contributed by atoms with Crippen LogP contribution in [-0.2, 0) is 11.3 Å². The smallest absolute Gasteiger partial charge is 0.193 e. The number of hydrogen-bond acceptors (Lipinski definition) is 4. The summed E-state index contributed by atoms with van der Waals surface area (Å²) in [5.41, 5.74) is 1.08. The quantitative estimate of drug-likeness (QED) is 0.273. The summed E-state index contributed by atoms with van der Waals surface area (Å²) < 4.78 is 17.4. The first-order valence-corrected chi connectivity index (χ1v) is 11.6. The average Bonchev–Trinajstić information content (AvgIpc) is 3.29. The maximum atomic E-state index is 6.37. The summed E-state index contributed by atoms with van der Waals surface area (Å²) >= 11 is 0. The largest absolute Gasteiger partial charge is 0.493 e.